The number of pyridine rings is 1. The normalized spacial score (nSPS) is 18.4. The van der Waals surface area contributed by atoms with Gasteiger partial charge < -0.3 is 20.0 Å². The first kappa shape index (κ1) is 32.2. The summed E-state index contributed by atoms with van der Waals surface area (Å²) in [5, 5.41) is 6.18. The maximum Gasteiger partial charge on any atom is 0.437 e. The smallest absolute Gasteiger partial charge is 0.420 e. The molecule has 246 valence electrons. The van der Waals surface area contributed by atoms with Crippen LogP contribution in [-0.2, 0) is 30.4 Å². The molecule has 47 heavy (non-hydrogen) atoms. The second-order valence-corrected chi connectivity index (χ2v) is 11.9. The van der Waals surface area contributed by atoms with E-state index in [4.69, 9.17) is 4.42 Å². The van der Waals surface area contributed by atoms with Crippen LogP contribution >= 0.6 is 0 Å². The van der Waals surface area contributed by atoms with Crippen LogP contribution in [0.4, 0.5) is 29.4 Å². The maximum absolute atomic E-state index is 14.0. The number of benzene rings is 2. The van der Waals surface area contributed by atoms with Gasteiger partial charge in [0.15, 0.2) is 5.69 Å². The molecule has 0 radical (unpaired) electrons. The van der Waals surface area contributed by atoms with Gasteiger partial charge in [0.2, 0.25) is 17.5 Å². The Kier molecular flexibility index (Phi) is 9.53. The fourth-order valence-corrected chi connectivity index (χ4v) is 5.98. The standard InChI is InChI=1S/C34H34F4N6O3/c35-27-9-5-4-8-24(27)17-30(46)44-15-13-26(21-44)40-29-11-10-23(18-39-29)16-28(45)31-32(34(36,37)38)42-33(47-31)41-25-12-14-43(20-25)19-22-6-2-1-3-7-22/h1-11,18,25-26H,12-17,19-21H2,(H,39,40)(H,41,42)/t25?,26-/m1/s1. The summed E-state index contributed by atoms with van der Waals surface area (Å²) >= 11 is 0. The first-order valence-corrected chi connectivity index (χ1v) is 15.5. The van der Waals surface area contributed by atoms with Crippen molar-refractivity contribution in [2.75, 3.05) is 36.8 Å². The van der Waals surface area contributed by atoms with E-state index >= 15 is 0 Å². The molecule has 2 aromatic heterocycles. The van der Waals surface area contributed by atoms with Crippen LogP contribution in [-0.4, -0.2) is 69.7 Å². The molecule has 6 rings (SSSR count). The van der Waals surface area contributed by atoms with Crippen LogP contribution in [0.1, 0.15) is 45.8 Å². The van der Waals surface area contributed by atoms with Gasteiger partial charge >= 0.3 is 6.18 Å². The van der Waals surface area contributed by atoms with Crippen molar-refractivity contribution in [1.82, 2.24) is 19.8 Å². The van der Waals surface area contributed by atoms with Crippen LogP contribution in [0.5, 0.6) is 0 Å². The van der Waals surface area contributed by atoms with E-state index in [0.29, 0.717) is 49.4 Å². The van der Waals surface area contributed by atoms with E-state index in [1.54, 1.807) is 35.2 Å². The van der Waals surface area contributed by atoms with Crippen LogP contribution in [0, 0.1) is 5.82 Å². The SMILES string of the molecule is O=C(Cc1ccc(N[C@@H]2CCN(C(=O)Cc3ccccc3F)C2)nc1)c1oc(NC2CCN(Cc3ccccc3)C2)nc1C(F)(F)F. The van der Waals surface area contributed by atoms with Crippen molar-refractivity contribution in [2.24, 2.45) is 0 Å². The minimum absolute atomic E-state index is 0.0207. The monoisotopic (exact) mass is 650 g/mol. The molecule has 2 atom stereocenters. The lowest BCUT2D eigenvalue weighted by atomic mass is 10.1. The van der Waals surface area contributed by atoms with Gasteiger partial charge in [0, 0.05) is 57.4 Å². The van der Waals surface area contributed by atoms with E-state index < -0.39 is 29.2 Å². The number of rotatable bonds is 11. The Morgan fingerprint density at radius 1 is 0.872 bits per heavy atom. The number of likely N-dealkylation sites (tertiary alicyclic amines) is 2. The summed E-state index contributed by atoms with van der Waals surface area (Å²) in [6.45, 7) is 3.01. The fraction of sp³-hybridized carbons (Fsp3) is 0.353. The van der Waals surface area contributed by atoms with Crippen molar-refractivity contribution in [1.29, 1.82) is 0 Å². The summed E-state index contributed by atoms with van der Waals surface area (Å²) in [5.74, 6) is -1.79. The Hall–Kier alpha value is -4.78. The van der Waals surface area contributed by atoms with Crippen molar-refractivity contribution >= 4 is 23.5 Å². The third-order valence-electron chi connectivity index (χ3n) is 8.38. The molecule has 4 aromatic rings. The van der Waals surface area contributed by atoms with Crippen molar-refractivity contribution < 1.29 is 31.6 Å². The van der Waals surface area contributed by atoms with Gasteiger partial charge in [0.05, 0.1) is 6.42 Å². The van der Waals surface area contributed by atoms with E-state index in [0.717, 1.165) is 18.7 Å². The first-order valence-electron chi connectivity index (χ1n) is 15.5. The van der Waals surface area contributed by atoms with Gasteiger partial charge in [0.1, 0.15) is 11.6 Å². The third kappa shape index (κ3) is 8.15. The van der Waals surface area contributed by atoms with Gasteiger partial charge in [-0.3, -0.25) is 14.5 Å². The molecule has 2 aliphatic rings. The average Bonchev–Trinajstić information content (AvgIpc) is 3.80. The highest BCUT2D eigenvalue weighted by atomic mass is 19.4. The molecule has 4 heterocycles. The molecular weight excluding hydrogens is 616 g/mol. The molecule has 1 amide bonds. The molecule has 2 aromatic carbocycles. The number of ketones is 1. The van der Waals surface area contributed by atoms with Crippen LogP contribution < -0.4 is 10.6 Å². The van der Waals surface area contributed by atoms with Gasteiger partial charge in [-0.2, -0.15) is 18.2 Å². The number of Topliss-reactive ketones (excluding diaryl/α,β-unsaturated/α-hetero) is 1. The molecular formula is C34H34F4N6O3. The van der Waals surface area contributed by atoms with E-state index in [-0.39, 0.29) is 36.8 Å². The van der Waals surface area contributed by atoms with E-state index in [2.05, 4.69) is 25.5 Å². The van der Waals surface area contributed by atoms with Crippen LogP contribution in [0.2, 0.25) is 0 Å². The number of carbonyl (C=O) groups excluding carboxylic acids is 2. The zero-order valence-corrected chi connectivity index (χ0v) is 25.5. The third-order valence-corrected chi connectivity index (χ3v) is 8.38. The molecule has 1 unspecified atom stereocenters. The van der Waals surface area contributed by atoms with E-state index in [1.807, 2.05) is 30.3 Å². The molecule has 9 nitrogen and oxygen atoms in total. The minimum Gasteiger partial charge on any atom is -0.420 e. The predicted octanol–water partition coefficient (Wildman–Crippen LogP) is 5.59. The summed E-state index contributed by atoms with van der Waals surface area (Å²) in [7, 11) is 0. The minimum atomic E-state index is -4.87. The quantitative estimate of drug-likeness (QED) is 0.160. The fourth-order valence-electron chi connectivity index (χ4n) is 5.98. The largest absolute Gasteiger partial charge is 0.437 e. The highest BCUT2D eigenvalue weighted by Gasteiger charge is 2.41. The molecule has 0 aliphatic carbocycles. The Morgan fingerprint density at radius 3 is 2.36 bits per heavy atom. The number of amides is 1. The summed E-state index contributed by atoms with van der Waals surface area (Å²) < 4.78 is 60.9. The number of hydrogen-bond acceptors (Lipinski definition) is 8. The topological polar surface area (TPSA) is 104 Å². The summed E-state index contributed by atoms with van der Waals surface area (Å²) in [6, 6.07) is 18.7. The van der Waals surface area contributed by atoms with Crippen molar-refractivity contribution in [3.05, 3.63) is 107 Å². The Bertz CT molecular complexity index is 1700. The van der Waals surface area contributed by atoms with E-state index in [9.17, 15) is 27.2 Å². The number of carbonyl (C=O) groups is 2. The zero-order chi connectivity index (χ0) is 33.0. The van der Waals surface area contributed by atoms with Crippen molar-refractivity contribution in [2.45, 2.75) is 50.5 Å². The van der Waals surface area contributed by atoms with Gasteiger partial charge in [-0.15, -0.1) is 0 Å². The summed E-state index contributed by atoms with van der Waals surface area (Å²) in [5.41, 5.74) is 0.538. The van der Waals surface area contributed by atoms with Gasteiger partial charge in [-0.1, -0.05) is 54.6 Å². The Labute approximate surface area is 269 Å². The van der Waals surface area contributed by atoms with Gasteiger partial charge in [-0.25, -0.2) is 9.37 Å². The molecule has 2 aliphatic heterocycles. The number of hydrogen-bond donors (Lipinski definition) is 2. The zero-order valence-electron chi connectivity index (χ0n) is 25.5. The van der Waals surface area contributed by atoms with Crippen LogP contribution in [0.15, 0.2) is 77.3 Å². The highest BCUT2D eigenvalue weighted by Crippen LogP contribution is 2.34. The average molecular weight is 651 g/mol. The van der Waals surface area contributed by atoms with Crippen LogP contribution in [0.25, 0.3) is 0 Å². The number of aromatic nitrogens is 2. The number of nitrogens with zero attached hydrogens (tertiary/aromatic N) is 4. The number of nitrogens with one attached hydrogen (secondary N) is 2. The predicted molar refractivity (Wildman–Crippen MR) is 166 cm³/mol. The Balaban J connectivity index is 1.02. The number of anilines is 2. The molecule has 0 bridgehead atoms. The lowest BCUT2D eigenvalue weighted by Gasteiger charge is -2.18. The lowest BCUT2D eigenvalue weighted by Crippen LogP contribution is -2.33. The first-order chi connectivity index (χ1) is 22.6. The molecule has 0 saturated carbocycles. The molecule has 2 saturated heterocycles. The maximum atomic E-state index is 14.0. The number of oxazole rings is 1. The van der Waals surface area contributed by atoms with Gasteiger partial charge in [0.25, 0.3) is 6.01 Å². The highest BCUT2D eigenvalue weighted by molar-refractivity contribution is 5.96. The number of halogens is 4. The lowest BCUT2D eigenvalue weighted by molar-refractivity contribution is -0.141. The second kappa shape index (κ2) is 13.9. The second-order valence-electron chi connectivity index (χ2n) is 11.9. The Morgan fingerprint density at radius 2 is 1.62 bits per heavy atom. The molecule has 0 spiro atoms. The molecule has 2 fully saturated rings. The van der Waals surface area contributed by atoms with Crippen molar-refractivity contribution in [3.63, 3.8) is 0 Å². The van der Waals surface area contributed by atoms with Crippen molar-refractivity contribution in [3.8, 4) is 0 Å². The molecule has 2 N–H and O–H groups in total. The van der Waals surface area contributed by atoms with E-state index in [1.165, 1.54) is 12.3 Å². The summed E-state index contributed by atoms with van der Waals surface area (Å²) in [6.07, 6.45) is -2.48. The van der Waals surface area contributed by atoms with Gasteiger partial charge in [-0.05, 0) is 41.7 Å². The number of alkyl halides is 3. The summed E-state index contributed by atoms with van der Waals surface area (Å²) in [4.78, 5) is 37.5. The van der Waals surface area contributed by atoms with Crippen LogP contribution in [0.3, 0.4) is 0 Å². The molecule has 13 heteroatoms.